The minimum absolute atomic E-state index is 0.227. The van der Waals surface area contributed by atoms with E-state index in [0.29, 0.717) is 17.5 Å². The van der Waals surface area contributed by atoms with Crippen molar-refractivity contribution in [3.63, 3.8) is 0 Å². The van der Waals surface area contributed by atoms with Crippen LogP contribution in [0.5, 0.6) is 11.5 Å². The topological polar surface area (TPSA) is 88.1 Å². The van der Waals surface area contributed by atoms with Gasteiger partial charge in [-0.1, -0.05) is 5.16 Å². The molecule has 8 nitrogen and oxygen atoms in total. The first-order valence-corrected chi connectivity index (χ1v) is 8.15. The van der Waals surface area contributed by atoms with Crippen LogP contribution in [0.15, 0.2) is 28.8 Å². The summed E-state index contributed by atoms with van der Waals surface area (Å²) in [6.07, 6.45) is 0. The fourth-order valence-corrected chi connectivity index (χ4v) is 3.22. The summed E-state index contributed by atoms with van der Waals surface area (Å²) in [4.78, 5) is 9.15. The van der Waals surface area contributed by atoms with E-state index in [9.17, 15) is 0 Å². The summed E-state index contributed by atoms with van der Waals surface area (Å²) in [5.74, 6) is 2.32. The third-order valence-corrected chi connectivity index (χ3v) is 4.38. The van der Waals surface area contributed by atoms with Crippen molar-refractivity contribution in [1.82, 2.24) is 24.9 Å². The van der Waals surface area contributed by atoms with Gasteiger partial charge in [-0.05, 0) is 38.1 Å². The summed E-state index contributed by atoms with van der Waals surface area (Å²) in [7, 11) is 1.87. The van der Waals surface area contributed by atoms with Gasteiger partial charge in [0.25, 0.3) is 5.89 Å². The number of pyridine rings is 1. The maximum Gasteiger partial charge on any atom is 0.259 e. The first-order valence-electron chi connectivity index (χ1n) is 8.15. The molecular weight excluding hydrogens is 334 g/mol. The lowest BCUT2D eigenvalue weighted by atomic mass is 10.1. The summed E-state index contributed by atoms with van der Waals surface area (Å²) in [6.45, 7) is 4.10. The minimum atomic E-state index is 0.227. The SMILES string of the molecule is Cc1cc(-c2nc(-c3ccc4c(c3)OCO4)no2)c2c(C)nn(C)c2n1. The Bertz CT molecular complexity index is 1160. The second-order valence-electron chi connectivity index (χ2n) is 6.21. The first kappa shape index (κ1) is 14.9. The molecule has 8 heteroatoms. The fourth-order valence-electron chi connectivity index (χ4n) is 3.22. The van der Waals surface area contributed by atoms with Gasteiger partial charge >= 0.3 is 0 Å². The summed E-state index contributed by atoms with van der Waals surface area (Å²) < 4.78 is 18.1. The van der Waals surface area contributed by atoms with Gasteiger partial charge in [-0.2, -0.15) is 10.1 Å². The number of ether oxygens (including phenoxy) is 2. The highest BCUT2D eigenvalue weighted by atomic mass is 16.7. The van der Waals surface area contributed by atoms with Crippen LogP contribution in [-0.2, 0) is 7.05 Å². The van der Waals surface area contributed by atoms with Gasteiger partial charge in [-0.15, -0.1) is 0 Å². The Hall–Kier alpha value is -3.42. The van der Waals surface area contributed by atoms with Crippen molar-refractivity contribution in [2.24, 2.45) is 7.05 Å². The molecule has 4 aromatic rings. The van der Waals surface area contributed by atoms with E-state index in [1.165, 1.54) is 0 Å². The highest BCUT2D eigenvalue weighted by Crippen LogP contribution is 2.36. The zero-order valence-electron chi connectivity index (χ0n) is 14.5. The van der Waals surface area contributed by atoms with Crippen molar-refractivity contribution in [1.29, 1.82) is 0 Å². The van der Waals surface area contributed by atoms with Gasteiger partial charge in [0.15, 0.2) is 17.1 Å². The maximum atomic E-state index is 5.55. The zero-order chi connectivity index (χ0) is 17.8. The van der Waals surface area contributed by atoms with E-state index in [2.05, 4.69) is 20.2 Å². The van der Waals surface area contributed by atoms with E-state index in [1.807, 2.05) is 45.2 Å². The van der Waals surface area contributed by atoms with Crippen LogP contribution in [0.1, 0.15) is 11.4 Å². The molecule has 0 aliphatic carbocycles. The largest absolute Gasteiger partial charge is 0.454 e. The molecule has 0 atom stereocenters. The molecule has 1 aromatic carbocycles. The molecule has 0 unspecified atom stereocenters. The highest BCUT2D eigenvalue weighted by molar-refractivity contribution is 5.93. The van der Waals surface area contributed by atoms with E-state index >= 15 is 0 Å². The number of benzene rings is 1. The van der Waals surface area contributed by atoms with Crippen LogP contribution >= 0.6 is 0 Å². The Morgan fingerprint density at radius 2 is 1.88 bits per heavy atom. The molecule has 0 radical (unpaired) electrons. The van der Waals surface area contributed by atoms with E-state index < -0.39 is 0 Å². The van der Waals surface area contributed by atoms with Crippen LogP contribution < -0.4 is 9.47 Å². The van der Waals surface area contributed by atoms with Gasteiger partial charge in [-0.25, -0.2) is 4.98 Å². The Morgan fingerprint density at radius 3 is 2.77 bits per heavy atom. The van der Waals surface area contributed by atoms with E-state index in [4.69, 9.17) is 14.0 Å². The monoisotopic (exact) mass is 349 g/mol. The summed E-state index contributed by atoms with van der Waals surface area (Å²) in [5.41, 5.74) is 4.15. The second-order valence-corrected chi connectivity index (χ2v) is 6.21. The fraction of sp³-hybridized carbons (Fsp3) is 0.222. The molecule has 26 heavy (non-hydrogen) atoms. The minimum Gasteiger partial charge on any atom is -0.454 e. The quantitative estimate of drug-likeness (QED) is 0.549. The summed E-state index contributed by atoms with van der Waals surface area (Å²) in [6, 6.07) is 7.51. The predicted molar refractivity (Wildman–Crippen MR) is 92.8 cm³/mol. The van der Waals surface area contributed by atoms with Gasteiger partial charge in [-0.3, -0.25) is 4.68 Å². The maximum absolute atomic E-state index is 5.55. The predicted octanol–water partition coefficient (Wildman–Crippen LogP) is 3.03. The first-order chi connectivity index (χ1) is 12.6. The van der Waals surface area contributed by atoms with E-state index in [0.717, 1.165) is 39.3 Å². The Morgan fingerprint density at radius 1 is 1.04 bits per heavy atom. The molecule has 5 rings (SSSR count). The molecule has 1 aliphatic heterocycles. The molecule has 4 heterocycles. The van der Waals surface area contributed by atoms with Gasteiger partial charge < -0.3 is 14.0 Å². The molecule has 0 saturated carbocycles. The molecule has 1 aliphatic rings. The highest BCUT2D eigenvalue weighted by Gasteiger charge is 2.20. The number of hydrogen-bond acceptors (Lipinski definition) is 7. The average molecular weight is 349 g/mol. The Balaban J connectivity index is 1.64. The van der Waals surface area contributed by atoms with Gasteiger partial charge in [0.2, 0.25) is 12.6 Å². The number of fused-ring (bicyclic) bond motifs is 2. The molecule has 0 saturated heterocycles. The van der Waals surface area contributed by atoms with Crippen LogP contribution in [0.25, 0.3) is 33.9 Å². The van der Waals surface area contributed by atoms with Gasteiger partial charge in [0.05, 0.1) is 16.6 Å². The van der Waals surface area contributed by atoms with Crippen LogP contribution in [-0.4, -0.2) is 31.7 Å². The lowest BCUT2D eigenvalue weighted by molar-refractivity contribution is 0.174. The number of rotatable bonds is 2. The Labute approximate surface area is 148 Å². The van der Waals surface area contributed by atoms with E-state index in [-0.39, 0.29) is 6.79 Å². The molecule has 130 valence electrons. The van der Waals surface area contributed by atoms with Crippen molar-refractivity contribution in [2.75, 3.05) is 6.79 Å². The summed E-state index contributed by atoms with van der Waals surface area (Å²) >= 11 is 0. The zero-order valence-corrected chi connectivity index (χ0v) is 14.5. The molecule has 0 N–H and O–H groups in total. The van der Waals surface area contributed by atoms with E-state index in [1.54, 1.807) is 4.68 Å². The third kappa shape index (κ3) is 2.15. The van der Waals surface area contributed by atoms with Crippen molar-refractivity contribution in [3.8, 4) is 34.3 Å². The standard InChI is InChI=1S/C18H15N5O3/c1-9-6-12(15-10(2)21-23(3)17(15)19-9)18-20-16(22-26-18)11-4-5-13-14(7-11)25-8-24-13/h4-7H,8H2,1-3H3. The molecule has 0 bridgehead atoms. The number of hydrogen-bond donors (Lipinski definition) is 0. The van der Waals surface area contributed by atoms with Crippen LogP contribution in [0.2, 0.25) is 0 Å². The van der Waals surface area contributed by atoms with Crippen molar-refractivity contribution < 1.29 is 14.0 Å². The molecule has 0 spiro atoms. The van der Waals surface area contributed by atoms with Crippen molar-refractivity contribution in [2.45, 2.75) is 13.8 Å². The average Bonchev–Trinajstić information content (AvgIpc) is 3.34. The van der Waals surface area contributed by atoms with Crippen LogP contribution in [0, 0.1) is 13.8 Å². The molecule has 0 amide bonds. The normalized spacial score (nSPS) is 12.9. The van der Waals surface area contributed by atoms with Crippen molar-refractivity contribution in [3.05, 3.63) is 35.7 Å². The van der Waals surface area contributed by atoms with Crippen LogP contribution in [0.3, 0.4) is 0 Å². The molecule has 3 aromatic heterocycles. The second kappa shape index (κ2) is 5.29. The molecular formula is C18H15N5O3. The van der Waals surface area contributed by atoms with Gasteiger partial charge in [0, 0.05) is 18.3 Å². The Kier molecular flexibility index (Phi) is 3.03. The number of aromatic nitrogens is 5. The third-order valence-electron chi connectivity index (χ3n) is 4.38. The number of aryl methyl sites for hydroxylation is 3. The molecule has 0 fully saturated rings. The van der Waals surface area contributed by atoms with Crippen molar-refractivity contribution >= 4 is 11.0 Å². The van der Waals surface area contributed by atoms with Crippen LogP contribution in [0.4, 0.5) is 0 Å². The lowest BCUT2D eigenvalue weighted by Gasteiger charge is -2.01. The van der Waals surface area contributed by atoms with Gasteiger partial charge in [0.1, 0.15) is 0 Å². The number of nitrogens with zero attached hydrogens (tertiary/aromatic N) is 5. The smallest absolute Gasteiger partial charge is 0.259 e. The summed E-state index contributed by atoms with van der Waals surface area (Å²) in [5, 5.41) is 9.50. The lowest BCUT2D eigenvalue weighted by Crippen LogP contribution is -1.94.